The van der Waals surface area contributed by atoms with Gasteiger partial charge < -0.3 is 16.0 Å². The molecule has 1 aliphatic rings. The molecular formula is C12H14N4O. The van der Waals surface area contributed by atoms with Crippen LogP contribution in [0.4, 0.5) is 11.4 Å². The molecule has 0 saturated heterocycles. The molecule has 17 heavy (non-hydrogen) atoms. The van der Waals surface area contributed by atoms with Crippen LogP contribution in [0.25, 0.3) is 0 Å². The van der Waals surface area contributed by atoms with E-state index in [0.29, 0.717) is 6.42 Å². The van der Waals surface area contributed by atoms with Crippen LogP contribution in [-0.4, -0.2) is 25.0 Å². The molecule has 2 unspecified atom stereocenters. The summed E-state index contributed by atoms with van der Waals surface area (Å²) in [6.45, 7) is 0. The first-order valence-corrected chi connectivity index (χ1v) is 5.41. The Labute approximate surface area is 99.8 Å². The van der Waals surface area contributed by atoms with Crippen LogP contribution in [0.5, 0.6) is 0 Å². The fraction of sp³-hybridized carbons (Fsp3) is 0.333. The Balaban J connectivity index is 2.28. The molecule has 2 rings (SSSR count). The van der Waals surface area contributed by atoms with Gasteiger partial charge in [0.05, 0.1) is 23.5 Å². The smallest absolute Gasteiger partial charge is 0.247 e. The molecule has 1 heterocycles. The minimum absolute atomic E-state index is 0.114. The van der Waals surface area contributed by atoms with E-state index in [1.54, 1.807) is 0 Å². The predicted molar refractivity (Wildman–Crippen MR) is 65.5 cm³/mol. The third-order valence-electron chi connectivity index (χ3n) is 2.96. The highest BCUT2D eigenvalue weighted by molar-refractivity contribution is 6.03. The molecule has 88 valence electrons. The average Bonchev–Trinajstić information content (AvgIpc) is 2.34. The standard InChI is InChI=1S/C12H14N4O/c1-16-10-5-3-2-4-9(10)15-12(17)11(16)6-8(14)7-13/h2-5,8,11H,6,14H2,1H3,(H,15,17). The Morgan fingerprint density at radius 2 is 2.29 bits per heavy atom. The van der Waals surface area contributed by atoms with Crippen LogP contribution >= 0.6 is 0 Å². The highest BCUT2D eigenvalue weighted by Crippen LogP contribution is 2.31. The van der Waals surface area contributed by atoms with Gasteiger partial charge in [-0.2, -0.15) is 5.26 Å². The zero-order chi connectivity index (χ0) is 12.4. The number of para-hydroxylation sites is 2. The number of carbonyl (C=O) groups excluding carboxylic acids is 1. The number of nitrogens with zero attached hydrogens (tertiary/aromatic N) is 2. The number of nitriles is 1. The molecule has 1 aliphatic heterocycles. The summed E-state index contributed by atoms with van der Waals surface area (Å²) in [5, 5.41) is 11.5. The van der Waals surface area contributed by atoms with E-state index in [-0.39, 0.29) is 11.9 Å². The second-order valence-electron chi connectivity index (χ2n) is 4.10. The van der Waals surface area contributed by atoms with Gasteiger partial charge in [-0.25, -0.2) is 0 Å². The first kappa shape index (κ1) is 11.4. The zero-order valence-corrected chi connectivity index (χ0v) is 9.55. The van der Waals surface area contributed by atoms with E-state index in [0.717, 1.165) is 11.4 Å². The van der Waals surface area contributed by atoms with Gasteiger partial charge in [-0.3, -0.25) is 4.79 Å². The predicted octanol–water partition coefficient (Wildman–Crippen LogP) is 0.684. The Hall–Kier alpha value is -2.06. The van der Waals surface area contributed by atoms with Crippen molar-refractivity contribution in [3.63, 3.8) is 0 Å². The number of nitrogens with two attached hydrogens (primary N) is 1. The summed E-state index contributed by atoms with van der Waals surface area (Å²) in [6.07, 6.45) is 0.327. The molecule has 0 aromatic heterocycles. The Bertz CT molecular complexity index is 480. The number of nitrogens with one attached hydrogen (secondary N) is 1. The molecular weight excluding hydrogens is 216 g/mol. The molecule has 0 saturated carbocycles. The lowest BCUT2D eigenvalue weighted by molar-refractivity contribution is -0.117. The minimum atomic E-state index is -0.626. The van der Waals surface area contributed by atoms with Crippen molar-refractivity contribution in [2.75, 3.05) is 17.3 Å². The Kier molecular flexibility index (Phi) is 2.98. The summed E-state index contributed by atoms with van der Waals surface area (Å²) >= 11 is 0. The molecule has 1 aromatic rings. The molecule has 0 fully saturated rings. The summed E-state index contributed by atoms with van der Waals surface area (Å²) in [4.78, 5) is 13.8. The van der Waals surface area contributed by atoms with E-state index >= 15 is 0 Å². The fourth-order valence-corrected chi connectivity index (χ4v) is 2.01. The number of hydrogen-bond donors (Lipinski definition) is 2. The first-order chi connectivity index (χ1) is 8.13. The maximum atomic E-state index is 11.9. The molecule has 5 heteroatoms. The van der Waals surface area contributed by atoms with Crippen molar-refractivity contribution < 1.29 is 4.79 Å². The van der Waals surface area contributed by atoms with Crippen LogP contribution in [0.1, 0.15) is 6.42 Å². The van der Waals surface area contributed by atoms with Crippen molar-refractivity contribution in [2.24, 2.45) is 5.73 Å². The van der Waals surface area contributed by atoms with Crippen LogP contribution < -0.4 is 16.0 Å². The topological polar surface area (TPSA) is 82.2 Å². The van der Waals surface area contributed by atoms with Gasteiger partial charge >= 0.3 is 0 Å². The van der Waals surface area contributed by atoms with E-state index in [2.05, 4.69) is 5.32 Å². The van der Waals surface area contributed by atoms with Gasteiger partial charge in [0.15, 0.2) is 0 Å². The molecule has 1 aromatic carbocycles. The molecule has 2 atom stereocenters. The first-order valence-electron chi connectivity index (χ1n) is 5.41. The molecule has 0 aliphatic carbocycles. The minimum Gasteiger partial charge on any atom is -0.361 e. The van der Waals surface area contributed by atoms with Gasteiger partial charge in [-0.1, -0.05) is 12.1 Å². The number of likely N-dealkylation sites (N-methyl/N-ethyl adjacent to an activating group) is 1. The lowest BCUT2D eigenvalue weighted by Gasteiger charge is -2.35. The van der Waals surface area contributed by atoms with Crippen molar-refractivity contribution in [3.05, 3.63) is 24.3 Å². The van der Waals surface area contributed by atoms with E-state index in [4.69, 9.17) is 11.0 Å². The van der Waals surface area contributed by atoms with E-state index in [1.807, 2.05) is 42.3 Å². The monoisotopic (exact) mass is 230 g/mol. The van der Waals surface area contributed by atoms with E-state index in [1.165, 1.54) is 0 Å². The van der Waals surface area contributed by atoms with Crippen LogP contribution in [0.15, 0.2) is 24.3 Å². The van der Waals surface area contributed by atoms with Gasteiger partial charge in [0.1, 0.15) is 6.04 Å². The largest absolute Gasteiger partial charge is 0.361 e. The van der Waals surface area contributed by atoms with Gasteiger partial charge in [0.25, 0.3) is 0 Å². The number of carbonyl (C=O) groups is 1. The van der Waals surface area contributed by atoms with Crippen molar-refractivity contribution >= 4 is 17.3 Å². The van der Waals surface area contributed by atoms with Gasteiger partial charge in [-0.15, -0.1) is 0 Å². The van der Waals surface area contributed by atoms with Crippen molar-refractivity contribution in [2.45, 2.75) is 18.5 Å². The Morgan fingerprint density at radius 1 is 1.59 bits per heavy atom. The molecule has 1 amide bonds. The number of hydrogen-bond acceptors (Lipinski definition) is 4. The Morgan fingerprint density at radius 3 is 3.00 bits per heavy atom. The maximum Gasteiger partial charge on any atom is 0.247 e. The molecule has 0 bridgehead atoms. The van der Waals surface area contributed by atoms with Gasteiger partial charge in [0.2, 0.25) is 5.91 Å². The SMILES string of the molecule is CN1c2ccccc2NC(=O)C1CC(N)C#N. The number of fused-ring (bicyclic) bond motifs is 1. The van der Waals surface area contributed by atoms with Crippen LogP contribution in [0, 0.1) is 11.3 Å². The van der Waals surface area contributed by atoms with Crippen LogP contribution in [0.3, 0.4) is 0 Å². The average molecular weight is 230 g/mol. The van der Waals surface area contributed by atoms with E-state index in [9.17, 15) is 4.79 Å². The fourth-order valence-electron chi connectivity index (χ4n) is 2.01. The number of benzene rings is 1. The van der Waals surface area contributed by atoms with E-state index < -0.39 is 6.04 Å². The number of rotatable bonds is 2. The summed E-state index contributed by atoms with van der Waals surface area (Å²) < 4.78 is 0. The molecule has 5 nitrogen and oxygen atoms in total. The summed E-state index contributed by atoms with van der Waals surface area (Å²) in [5.74, 6) is -0.114. The second-order valence-corrected chi connectivity index (χ2v) is 4.10. The summed E-state index contributed by atoms with van der Waals surface area (Å²) in [6, 6.07) is 8.49. The van der Waals surface area contributed by atoms with Crippen molar-refractivity contribution in [3.8, 4) is 6.07 Å². The van der Waals surface area contributed by atoms with Crippen molar-refractivity contribution in [1.29, 1.82) is 5.26 Å². The third kappa shape index (κ3) is 2.08. The highest BCUT2D eigenvalue weighted by atomic mass is 16.2. The maximum absolute atomic E-state index is 11.9. The molecule has 0 spiro atoms. The quantitative estimate of drug-likeness (QED) is 0.783. The number of amides is 1. The lowest BCUT2D eigenvalue weighted by atomic mass is 10.0. The zero-order valence-electron chi connectivity index (χ0n) is 9.55. The summed E-state index contributed by atoms with van der Waals surface area (Å²) in [5.41, 5.74) is 7.32. The van der Waals surface area contributed by atoms with Gasteiger partial charge in [0, 0.05) is 13.5 Å². The lowest BCUT2D eigenvalue weighted by Crippen LogP contribution is -2.48. The third-order valence-corrected chi connectivity index (χ3v) is 2.96. The number of anilines is 2. The van der Waals surface area contributed by atoms with Crippen molar-refractivity contribution in [1.82, 2.24) is 0 Å². The highest BCUT2D eigenvalue weighted by Gasteiger charge is 2.31. The summed E-state index contributed by atoms with van der Waals surface area (Å²) in [7, 11) is 1.84. The van der Waals surface area contributed by atoms with Crippen LogP contribution in [-0.2, 0) is 4.79 Å². The molecule has 3 N–H and O–H groups in total. The van der Waals surface area contributed by atoms with Crippen LogP contribution in [0.2, 0.25) is 0 Å². The molecule has 0 radical (unpaired) electrons. The van der Waals surface area contributed by atoms with Gasteiger partial charge in [-0.05, 0) is 12.1 Å². The second kappa shape index (κ2) is 4.44. The normalized spacial score (nSPS) is 20.2.